The van der Waals surface area contributed by atoms with Crippen molar-refractivity contribution >= 4 is 21.6 Å². The van der Waals surface area contributed by atoms with Crippen LogP contribution in [0.25, 0.3) is 0 Å². The molecule has 4 aromatic rings. The number of aliphatic hydroxyl groups is 6. The lowest BCUT2D eigenvalue weighted by atomic mass is 9.48. The highest BCUT2D eigenvalue weighted by molar-refractivity contribution is 8.76. The molecule has 8 aliphatic rings. The molecule has 16 unspecified atom stereocenters. The van der Waals surface area contributed by atoms with Crippen molar-refractivity contribution in [2.24, 2.45) is 63.9 Å². The standard InChI is InChI=1S/C69H87N3O8S2/c1-2-41-25-46-29-61(77)63(80-64-30-47(26-49-15-10-23-71-49)51-19-24-72-67(70)58(51)40-82-81-39-48(37-73)66(64)79)32-53(46)55-31-62(78)65-44(28-52(41)55)18-22-69(34-50(75)16-17-60(65)76)36-56(42-11-4-3-5-12-42)54-27-43-13-6-7-14-45(43)33-68(20-8-9-21-68)35-57(54)59(69)38-74/h3-7,10-15,19,23,28-29,32,41,44,47-48,50,54-57,59-60,62,64-66,71-79H,2,8-9,16-17,20-21,24-27,30-31,33-40,70H2,1H3. The van der Waals surface area contributed by atoms with Crippen LogP contribution in [0.4, 0.5) is 0 Å². The van der Waals surface area contributed by atoms with Crippen molar-refractivity contribution in [1.29, 1.82) is 0 Å². The van der Waals surface area contributed by atoms with Gasteiger partial charge in [-0.15, -0.1) is 0 Å². The van der Waals surface area contributed by atoms with Crippen LogP contribution in [-0.4, -0.2) is 103 Å². The van der Waals surface area contributed by atoms with Gasteiger partial charge in [0.2, 0.25) is 0 Å². The third-order valence-corrected chi connectivity index (χ3v) is 24.0. The van der Waals surface area contributed by atoms with E-state index in [0.717, 1.165) is 53.7 Å². The van der Waals surface area contributed by atoms with Crippen LogP contribution in [0, 0.1) is 70.0 Å². The molecular formula is C69H87N3O8S2. The summed E-state index contributed by atoms with van der Waals surface area (Å²) < 4.78 is 7.01. The van der Waals surface area contributed by atoms with E-state index in [-0.39, 0.29) is 71.6 Å². The highest BCUT2D eigenvalue weighted by atomic mass is 33.1. The molecule has 82 heavy (non-hydrogen) atoms. The Bertz CT molecular complexity index is 3040. The Morgan fingerprint density at radius 1 is 0.817 bits per heavy atom. The Morgan fingerprint density at radius 2 is 1.62 bits per heavy atom. The van der Waals surface area contributed by atoms with Gasteiger partial charge in [0.05, 0.1) is 24.4 Å². The number of aromatic amines is 1. The van der Waals surface area contributed by atoms with Crippen molar-refractivity contribution < 1.29 is 40.5 Å². The quantitative estimate of drug-likeness (QED) is 0.0455. The molecule has 3 aromatic carbocycles. The number of aromatic hydroxyl groups is 1. The SMILES string of the molecule is CCC1Cc2cc(O)c(OC3CC(Cc4ccc[nH]4)C4=CCNC(N)=C4CSSCC(CO)C3O)cc2C2CC(O)C3C(C#CC4(CC(O)CCC3O)CC(c3ccccc3)C3Cc5ccccc5CC5(CCCC5)CC3C4CO)C=C12. The highest BCUT2D eigenvalue weighted by Crippen LogP contribution is 2.62. The fourth-order valence-corrected chi connectivity index (χ4v) is 19.9. The number of ether oxygens (including phenoxy) is 1. The van der Waals surface area contributed by atoms with E-state index in [1.54, 1.807) is 21.6 Å². The number of nitrogens with one attached hydrogen (secondary N) is 2. The Balaban J connectivity index is 0.934. The fraction of sp³-hybridized carbons (Fsp3) is 0.565. The summed E-state index contributed by atoms with van der Waals surface area (Å²) in [6, 6.07) is 27.8. The first kappa shape index (κ1) is 57.8. The minimum atomic E-state index is -1.08. The van der Waals surface area contributed by atoms with Crippen LogP contribution in [0.15, 0.2) is 120 Å². The van der Waals surface area contributed by atoms with E-state index in [4.69, 9.17) is 10.5 Å². The fourth-order valence-electron chi connectivity index (χ4n) is 17.4. The number of phenolic OH excluding ortho intramolecular Hbond substituents is 1. The number of allylic oxidation sites excluding steroid dienone is 3. The van der Waals surface area contributed by atoms with Crippen molar-refractivity contribution in [3.63, 3.8) is 0 Å². The Labute approximate surface area is 493 Å². The molecule has 13 heteroatoms. The molecule has 16 atom stereocenters. The molecule has 438 valence electrons. The molecule has 0 radical (unpaired) electrons. The molecule has 2 saturated carbocycles. The van der Waals surface area contributed by atoms with E-state index >= 15 is 0 Å². The van der Waals surface area contributed by atoms with Crippen molar-refractivity contribution in [3.8, 4) is 23.3 Å². The largest absolute Gasteiger partial charge is 0.504 e. The predicted molar refractivity (Wildman–Crippen MR) is 327 cm³/mol. The maximum Gasteiger partial charge on any atom is 0.161 e. The van der Waals surface area contributed by atoms with E-state index in [9.17, 15) is 35.7 Å². The Kier molecular flexibility index (Phi) is 17.5. The number of rotatable bonds is 8. The third-order valence-electron chi connectivity index (χ3n) is 21.6. The minimum absolute atomic E-state index is 0.0253. The molecule has 1 saturated heterocycles. The van der Waals surface area contributed by atoms with Crippen LogP contribution in [-0.2, 0) is 25.7 Å². The number of nitrogens with two attached hydrogens (primary N) is 1. The number of fused-ring (bicyclic) bond motifs is 7. The van der Waals surface area contributed by atoms with Crippen molar-refractivity contribution in [2.75, 3.05) is 31.3 Å². The summed E-state index contributed by atoms with van der Waals surface area (Å²) in [6.45, 7) is 2.50. The molecule has 0 amide bonds. The Morgan fingerprint density at radius 3 is 2.39 bits per heavy atom. The van der Waals surface area contributed by atoms with E-state index in [1.165, 1.54) is 47.9 Å². The second kappa shape index (κ2) is 24.8. The maximum atomic E-state index is 12.8. The summed E-state index contributed by atoms with van der Waals surface area (Å²) >= 11 is 0. The van der Waals surface area contributed by atoms with Gasteiger partial charge in [0.1, 0.15) is 11.9 Å². The maximum absolute atomic E-state index is 12.8. The number of dihydropyridines is 1. The molecule has 6 aliphatic carbocycles. The van der Waals surface area contributed by atoms with Crippen LogP contribution in [0.3, 0.4) is 0 Å². The summed E-state index contributed by atoms with van der Waals surface area (Å²) in [4.78, 5) is 3.39. The third kappa shape index (κ3) is 11.5. The summed E-state index contributed by atoms with van der Waals surface area (Å²) in [5, 5.41) is 88.3. The molecule has 3 heterocycles. The van der Waals surface area contributed by atoms with Crippen molar-refractivity contribution in [3.05, 3.63) is 153 Å². The van der Waals surface area contributed by atoms with Gasteiger partial charge in [-0.2, -0.15) is 0 Å². The second-order valence-corrected chi connectivity index (χ2v) is 28.7. The number of aliphatic hydroxyl groups excluding tert-OH is 6. The van der Waals surface area contributed by atoms with Gasteiger partial charge in [0.15, 0.2) is 11.5 Å². The van der Waals surface area contributed by atoms with Crippen LogP contribution < -0.4 is 15.8 Å². The number of H-pyrrole nitrogens is 1. The number of phenols is 1. The van der Waals surface area contributed by atoms with Gasteiger partial charge in [0.25, 0.3) is 0 Å². The molecular weight excluding hydrogens is 1060 g/mol. The molecule has 2 aliphatic heterocycles. The summed E-state index contributed by atoms with van der Waals surface area (Å²) in [5.74, 6) is 8.23. The molecule has 11 N–H and O–H groups in total. The smallest absolute Gasteiger partial charge is 0.161 e. The average Bonchev–Trinajstić information content (AvgIpc) is 3.46. The van der Waals surface area contributed by atoms with Gasteiger partial charge in [0, 0.05) is 83.7 Å². The van der Waals surface area contributed by atoms with Gasteiger partial charge >= 0.3 is 0 Å². The van der Waals surface area contributed by atoms with Gasteiger partial charge < -0.3 is 56.5 Å². The van der Waals surface area contributed by atoms with Gasteiger partial charge in [-0.1, -0.05) is 126 Å². The van der Waals surface area contributed by atoms with E-state index in [0.29, 0.717) is 75.2 Å². The molecule has 11 nitrogen and oxygen atoms in total. The lowest BCUT2D eigenvalue weighted by molar-refractivity contribution is -0.0604. The number of aromatic nitrogens is 1. The number of hydrogen-bond donors (Lipinski definition) is 10. The van der Waals surface area contributed by atoms with Gasteiger partial charge in [-0.05, 0) is 183 Å². The minimum Gasteiger partial charge on any atom is -0.504 e. The second-order valence-electron chi connectivity index (χ2n) is 26.2. The van der Waals surface area contributed by atoms with Gasteiger partial charge in [-0.3, -0.25) is 0 Å². The molecule has 12 rings (SSSR count). The number of benzene rings is 3. The van der Waals surface area contributed by atoms with Crippen molar-refractivity contribution in [2.45, 2.75) is 152 Å². The Hall–Kier alpha value is -4.62. The zero-order valence-electron chi connectivity index (χ0n) is 47.7. The molecule has 3 fully saturated rings. The van der Waals surface area contributed by atoms with E-state index in [2.05, 4.69) is 102 Å². The number of hydrogen-bond acceptors (Lipinski definition) is 12. The predicted octanol–water partition coefficient (Wildman–Crippen LogP) is 10.0. The monoisotopic (exact) mass is 1150 g/mol. The highest BCUT2D eigenvalue weighted by Gasteiger charge is 2.56. The average molecular weight is 1150 g/mol. The first-order valence-corrected chi connectivity index (χ1v) is 33.5. The first-order valence-electron chi connectivity index (χ1n) is 31.0. The van der Waals surface area contributed by atoms with Crippen LogP contribution in [0.2, 0.25) is 0 Å². The summed E-state index contributed by atoms with van der Waals surface area (Å²) in [6.07, 6.45) is 14.2. The lowest BCUT2D eigenvalue weighted by Crippen LogP contribution is -2.52. The molecule has 0 bridgehead atoms. The zero-order chi connectivity index (χ0) is 56.7. The summed E-state index contributed by atoms with van der Waals surface area (Å²) in [5.41, 5.74) is 16.5. The lowest BCUT2D eigenvalue weighted by Gasteiger charge is -2.56. The van der Waals surface area contributed by atoms with Crippen LogP contribution in [0.1, 0.15) is 129 Å². The van der Waals surface area contributed by atoms with Gasteiger partial charge in [-0.25, -0.2) is 0 Å². The van der Waals surface area contributed by atoms with Crippen LogP contribution in [0.5, 0.6) is 11.5 Å². The normalized spacial score (nSPS) is 35.6. The van der Waals surface area contributed by atoms with Crippen molar-refractivity contribution in [1.82, 2.24) is 10.3 Å². The first-order chi connectivity index (χ1) is 39.9. The topological polar surface area (TPSA) is 205 Å². The summed E-state index contributed by atoms with van der Waals surface area (Å²) in [7, 11) is 3.26. The zero-order valence-corrected chi connectivity index (χ0v) is 49.3. The van der Waals surface area contributed by atoms with E-state index in [1.807, 2.05) is 24.4 Å². The molecule has 1 aromatic heterocycles. The molecule has 2 spiro atoms. The van der Waals surface area contributed by atoms with E-state index < -0.39 is 53.7 Å². The van der Waals surface area contributed by atoms with Crippen LogP contribution >= 0.6 is 21.6 Å².